The van der Waals surface area contributed by atoms with Gasteiger partial charge in [-0.1, -0.05) is 69.3 Å². The maximum Gasteiger partial charge on any atom is 0.231 e. The van der Waals surface area contributed by atoms with Gasteiger partial charge in [-0.05, 0) is 52.8 Å². The Morgan fingerprint density at radius 2 is 1.70 bits per heavy atom. The average molecular weight is 399 g/mol. The van der Waals surface area contributed by atoms with Gasteiger partial charge in [0.05, 0.1) is 5.56 Å². The second-order valence-electron chi connectivity index (χ2n) is 8.68. The standard InChI is InChI=1S/C27H26O3/c1-18-7-5-6-8-20(18)17-29-22-13-14-23-24(16-22)30-25(26(23)28)15-19-9-11-21(12-10-19)27(2,3)4/h5-16H,17H2,1-4H3/b25-15-. The second kappa shape index (κ2) is 7.83. The summed E-state index contributed by atoms with van der Waals surface area (Å²) in [6, 6.07) is 21.7. The summed E-state index contributed by atoms with van der Waals surface area (Å²) in [5.74, 6) is 1.46. The Morgan fingerprint density at radius 3 is 2.40 bits per heavy atom. The number of carbonyl (C=O) groups excluding carboxylic acids is 1. The molecule has 1 aliphatic rings. The highest BCUT2D eigenvalue weighted by Gasteiger charge is 2.27. The molecule has 0 unspecified atom stereocenters. The molecule has 0 bridgehead atoms. The third-order valence-electron chi connectivity index (χ3n) is 5.37. The van der Waals surface area contributed by atoms with Crippen LogP contribution in [0.15, 0.2) is 72.5 Å². The maximum atomic E-state index is 12.7. The first-order valence-electron chi connectivity index (χ1n) is 10.2. The molecule has 3 aromatic carbocycles. The molecule has 1 heterocycles. The van der Waals surface area contributed by atoms with Crippen LogP contribution in [0.5, 0.6) is 11.5 Å². The molecule has 0 spiro atoms. The molecule has 3 nitrogen and oxygen atoms in total. The van der Waals surface area contributed by atoms with E-state index in [2.05, 4.69) is 52.0 Å². The zero-order chi connectivity index (χ0) is 21.3. The Labute approximate surface area is 178 Å². The molecule has 0 aliphatic carbocycles. The van der Waals surface area contributed by atoms with Crippen LogP contribution in [0.2, 0.25) is 0 Å². The molecule has 0 amide bonds. The van der Waals surface area contributed by atoms with Crippen LogP contribution in [-0.4, -0.2) is 5.78 Å². The number of hydrogen-bond donors (Lipinski definition) is 0. The molecule has 4 rings (SSSR count). The first-order valence-corrected chi connectivity index (χ1v) is 10.2. The van der Waals surface area contributed by atoms with Gasteiger partial charge in [0, 0.05) is 6.07 Å². The van der Waals surface area contributed by atoms with Crippen molar-refractivity contribution >= 4 is 11.9 Å². The fourth-order valence-electron chi connectivity index (χ4n) is 3.42. The van der Waals surface area contributed by atoms with Gasteiger partial charge in [0.25, 0.3) is 0 Å². The van der Waals surface area contributed by atoms with Gasteiger partial charge in [-0.2, -0.15) is 0 Å². The van der Waals surface area contributed by atoms with Crippen LogP contribution >= 0.6 is 0 Å². The molecular formula is C27H26O3. The number of Topliss-reactive ketones (excluding diaryl/α,β-unsaturated/α-hetero) is 1. The van der Waals surface area contributed by atoms with E-state index < -0.39 is 0 Å². The first-order chi connectivity index (χ1) is 14.3. The van der Waals surface area contributed by atoms with E-state index in [9.17, 15) is 4.79 Å². The molecule has 0 aromatic heterocycles. The largest absolute Gasteiger partial charge is 0.489 e. The van der Waals surface area contributed by atoms with Crippen molar-refractivity contribution in [1.82, 2.24) is 0 Å². The smallest absolute Gasteiger partial charge is 0.231 e. The third-order valence-corrected chi connectivity index (χ3v) is 5.37. The van der Waals surface area contributed by atoms with E-state index in [4.69, 9.17) is 9.47 Å². The predicted octanol–water partition coefficient (Wildman–Crippen LogP) is 6.49. The van der Waals surface area contributed by atoms with Crippen molar-refractivity contribution in [3.8, 4) is 11.5 Å². The SMILES string of the molecule is Cc1ccccc1COc1ccc2c(c1)O/C(=C\c1ccc(C(C)(C)C)cc1)C2=O. The summed E-state index contributed by atoms with van der Waals surface area (Å²) in [6.45, 7) is 9.08. The van der Waals surface area contributed by atoms with Gasteiger partial charge in [-0.15, -0.1) is 0 Å². The highest BCUT2D eigenvalue weighted by Crippen LogP contribution is 2.35. The lowest BCUT2D eigenvalue weighted by molar-refractivity contribution is 0.101. The minimum atomic E-state index is -0.102. The summed E-state index contributed by atoms with van der Waals surface area (Å²) in [5, 5.41) is 0. The minimum Gasteiger partial charge on any atom is -0.489 e. The number of carbonyl (C=O) groups is 1. The van der Waals surface area contributed by atoms with Gasteiger partial charge in [-0.3, -0.25) is 4.79 Å². The van der Waals surface area contributed by atoms with Gasteiger partial charge in [0.2, 0.25) is 5.78 Å². The molecule has 152 valence electrons. The first kappa shape index (κ1) is 20.0. The summed E-state index contributed by atoms with van der Waals surface area (Å²) in [6.07, 6.45) is 1.79. The monoisotopic (exact) mass is 398 g/mol. The van der Waals surface area contributed by atoms with E-state index in [0.717, 1.165) is 11.1 Å². The van der Waals surface area contributed by atoms with Crippen molar-refractivity contribution in [1.29, 1.82) is 0 Å². The lowest BCUT2D eigenvalue weighted by Crippen LogP contribution is -2.10. The Kier molecular flexibility index (Phi) is 5.21. The molecule has 0 N–H and O–H groups in total. The van der Waals surface area contributed by atoms with E-state index in [0.29, 0.717) is 29.4 Å². The Hall–Kier alpha value is -3.33. The molecule has 30 heavy (non-hydrogen) atoms. The van der Waals surface area contributed by atoms with Crippen LogP contribution < -0.4 is 9.47 Å². The quantitative estimate of drug-likeness (QED) is 0.471. The number of allylic oxidation sites excluding steroid dienone is 1. The zero-order valence-corrected chi connectivity index (χ0v) is 17.9. The van der Waals surface area contributed by atoms with Crippen LogP contribution in [-0.2, 0) is 12.0 Å². The number of aryl methyl sites for hydroxylation is 1. The fourth-order valence-corrected chi connectivity index (χ4v) is 3.42. The van der Waals surface area contributed by atoms with Gasteiger partial charge >= 0.3 is 0 Å². The van der Waals surface area contributed by atoms with E-state index in [1.54, 1.807) is 18.2 Å². The van der Waals surface area contributed by atoms with Crippen molar-refractivity contribution in [3.05, 3.63) is 100 Å². The van der Waals surface area contributed by atoms with E-state index in [1.165, 1.54) is 11.1 Å². The van der Waals surface area contributed by atoms with Crippen molar-refractivity contribution in [2.24, 2.45) is 0 Å². The number of ketones is 1. The zero-order valence-electron chi connectivity index (χ0n) is 17.9. The van der Waals surface area contributed by atoms with E-state index in [-0.39, 0.29) is 11.2 Å². The Bertz CT molecular complexity index is 1120. The second-order valence-corrected chi connectivity index (χ2v) is 8.68. The molecule has 3 aromatic rings. The highest BCUT2D eigenvalue weighted by atomic mass is 16.5. The molecular weight excluding hydrogens is 372 g/mol. The van der Waals surface area contributed by atoms with Crippen molar-refractivity contribution < 1.29 is 14.3 Å². The molecule has 3 heteroatoms. The normalized spacial score (nSPS) is 14.5. The topological polar surface area (TPSA) is 35.5 Å². The van der Waals surface area contributed by atoms with E-state index in [1.807, 2.05) is 30.3 Å². The lowest BCUT2D eigenvalue weighted by atomic mass is 9.86. The number of benzene rings is 3. The number of rotatable bonds is 4. The number of ether oxygens (including phenoxy) is 2. The van der Waals surface area contributed by atoms with Crippen LogP contribution in [0, 0.1) is 6.92 Å². The van der Waals surface area contributed by atoms with Gasteiger partial charge in [0.15, 0.2) is 5.76 Å². The summed E-state index contributed by atoms with van der Waals surface area (Å²) in [5.41, 5.74) is 5.17. The summed E-state index contributed by atoms with van der Waals surface area (Å²) in [7, 11) is 0. The molecule has 0 atom stereocenters. The third kappa shape index (κ3) is 4.16. The summed E-state index contributed by atoms with van der Waals surface area (Å²) >= 11 is 0. The predicted molar refractivity (Wildman–Crippen MR) is 120 cm³/mol. The lowest BCUT2D eigenvalue weighted by Gasteiger charge is -2.18. The molecule has 0 saturated heterocycles. The Morgan fingerprint density at radius 1 is 0.967 bits per heavy atom. The van der Waals surface area contributed by atoms with Crippen LogP contribution in [0.4, 0.5) is 0 Å². The highest BCUT2D eigenvalue weighted by molar-refractivity contribution is 6.14. The van der Waals surface area contributed by atoms with Gasteiger partial charge in [-0.25, -0.2) is 0 Å². The average Bonchev–Trinajstić information content (AvgIpc) is 3.02. The van der Waals surface area contributed by atoms with Gasteiger partial charge in [0.1, 0.15) is 18.1 Å². The van der Waals surface area contributed by atoms with Crippen LogP contribution in [0.3, 0.4) is 0 Å². The van der Waals surface area contributed by atoms with Crippen molar-refractivity contribution in [2.75, 3.05) is 0 Å². The van der Waals surface area contributed by atoms with Crippen molar-refractivity contribution in [2.45, 2.75) is 39.7 Å². The maximum absolute atomic E-state index is 12.7. The minimum absolute atomic E-state index is 0.0935. The Balaban J connectivity index is 1.50. The van der Waals surface area contributed by atoms with Crippen molar-refractivity contribution in [3.63, 3.8) is 0 Å². The summed E-state index contributed by atoms with van der Waals surface area (Å²) < 4.78 is 11.8. The van der Waals surface area contributed by atoms with Crippen LogP contribution in [0.25, 0.3) is 6.08 Å². The molecule has 0 fully saturated rings. The fraction of sp³-hybridized carbons (Fsp3) is 0.222. The number of fused-ring (bicyclic) bond motifs is 1. The van der Waals surface area contributed by atoms with E-state index >= 15 is 0 Å². The molecule has 1 aliphatic heterocycles. The molecule has 0 saturated carbocycles. The van der Waals surface area contributed by atoms with Crippen LogP contribution in [0.1, 0.15) is 53.4 Å². The number of hydrogen-bond acceptors (Lipinski definition) is 3. The molecule has 0 radical (unpaired) electrons. The summed E-state index contributed by atoms with van der Waals surface area (Å²) in [4.78, 5) is 12.7. The van der Waals surface area contributed by atoms with Gasteiger partial charge < -0.3 is 9.47 Å².